The Balaban J connectivity index is 1.89. The number of nitrogens with one attached hydrogen (secondary N) is 2. The molecule has 4 heteroatoms. The summed E-state index contributed by atoms with van der Waals surface area (Å²) in [4.78, 5) is 12.1. The van der Waals surface area contributed by atoms with Crippen molar-refractivity contribution in [2.45, 2.75) is 136 Å². The minimum absolute atomic E-state index is 0.0138. The Kier molecular flexibility index (Phi) is 21.7. The number of hydrogen-bond donors (Lipinski definition) is 2. The maximum absolute atomic E-state index is 12.1. The van der Waals surface area contributed by atoms with Crippen molar-refractivity contribution < 1.29 is 9.53 Å². The Morgan fingerprint density at radius 1 is 0.629 bits per heavy atom. The molecule has 0 spiro atoms. The minimum atomic E-state index is 0.0138. The molecule has 0 aliphatic rings. The Labute approximate surface area is 217 Å². The number of hydrogen-bond acceptors (Lipinski definition) is 3. The molecule has 1 rings (SSSR count). The van der Waals surface area contributed by atoms with Gasteiger partial charge in [-0.1, -0.05) is 123 Å². The average molecular weight is 489 g/mol. The van der Waals surface area contributed by atoms with Gasteiger partial charge in [-0.25, -0.2) is 0 Å². The van der Waals surface area contributed by atoms with Crippen molar-refractivity contribution in [3.63, 3.8) is 0 Å². The van der Waals surface area contributed by atoms with Crippen LogP contribution in [0.15, 0.2) is 24.3 Å². The molecule has 202 valence electrons. The van der Waals surface area contributed by atoms with Gasteiger partial charge in [0.1, 0.15) is 5.75 Å². The molecule has 0 saturated carbocycles. The van der Waals surface area contributed by atoms with Gasteiger partial charge in [0.05, 0.1) is 13.2 Å². The number of anilines is 1. The number of rotatable bonds is 25. The molecule has 35 heavy (non-hydrogen) atoms. The van der Waals surface area contributed by atoms with Gasteiger partial charge in [0.2, 0.25) is 5.91 Å². The predicted molar refractivity (Wildman–Crippen MR) is 153 cm³/mol. The molecule has 0 fully saturated rings. The number of unbranched alkanes of at least 4 members (excludes halogenated alkanes) is 17. The van der Waals surface area contributed by atoms with Crippen molar-refractivity contribution in [3.8, 4) is 5.75 Å². The van der Waals surface area contributed by atoms with Crippen LogP contribution in [0.5, 0.6) is 5.75 Å². The number of ether oxygens (including phenoxy) is 1. The number of carbonyl (C=O) groups excluding carboxylic acids is 1. The van der Waals surface area contributed by atoms with E-state index < -0.39 is 0 Å². The predicted octanol–water partition coefficient (Wildman–Crippen LogP) is 9.05. The molecule has 0 heterocycles. The van der Waals surface area contributed by atoms with E-state index >= 15 is 0 Å². The van der Waals surface area contributed by atoms with E-state index in [0.717, 1.165) is 37.4 Å². The van der Waals surface area contributed by atoms with Crippen LogP contribution in [-0.2, 0) is 4.79 Å². The first-order valence-electron chi connectivity index (χ1n) is 15.0. The standard InChI is InChI=1S/C31H56N2O2/c1-3-5-7-9-10-11-12-13-14-15-16-17-18-20-26-32-28-31(34)33-29-22-24-30(25-23-29)35-27-21-19-8-6-4-2/h22-25,32H,3-21,26-28H2,1-2H3,(H,33,34). The Morgan fingerprint density at radius 2 is 1.09 bits per heavy atom. The van der Waals surface area contributed by atoms with Crippen molar-refractivity contribution in [2.75, 3.05) is 25.0 Å². The molecule has 1 aromatic rings. The molecular formula is C31H56N2O2. The summed E-state index contributed by atoms with van der Waals surface area (Å²) in [6.45, 7) is 6.56. The van der Waals surface area contributed by atoms with Crippen molar-refractivity contribution in [3.05, 3.63) is 24.3 Å². The zero-order valence-electron chi connectivity index (χ0n) is 23.2. The van der Waals surface area contributed by atoms with Crippen molar-refractivity contribution in [1.82, 2.24) is 5.32 Å². The highest BCUT2D eigenvalue weighted by molar-refractivity contribution is 5.92. The third-order valence-corrected chi connectivity index (χ3v) is 6.65. The molecule has 2 N–H and O–H groups in total. The van der Waals surface area contributed by atoms with Gasteiger partial charge in [-0.05, 0) is 43.7 Å². The quantitative estimate of drug-likeness (QED) is 0.135. The van der Waals surface area contributed by atoms with Crippen LogP contribution in [0.25, 0.3) is 0 Å². The van der Waals surface area contributed by atoms with Crippen LogP contribution in [0, 0.1) is 0 Å². The van der Waals surface area contributed by atoms with E-state index in [1.165, 1.54) is 109 Å². The summed E-state index contributed by atoms with van der Waals surface area (Å²) < 4.78 is 5.78. The highest BCUT2D eigenvalue weighted by atomic mass is 16.5. The maximum Gasteiger partial charge on any atom is 0.238 e. The largest absolute Gasteiger partial charge is 0.494 e. The first kappa shape index (κ1) is 31.5. The lowest BCUT2D eigenvalue weighted by Gasteiger charge is -2.09. The molecule has 1 amide bonds. The smallest absolute Gasteiger partial charge is 0.238 e. The van der Waals surface area contributed by atoms with Gasteiger partial charge in [0.25, 0.3) is 0 Å². The number of carbonyl (C=O) groups is 1. The molecule has 0 bridgehead atoms. The minimum Gasteiger partial charge on any atom is -0.494 e. The van der Waals surface area contributed by atoms with E-state index in [9.17, 15) is 4.79 Å². The second-order valence-corrected chi connectivity index (χ2v) is 10.1. The molecule has 0 saturated heterocycles. The van der Waals surface area contributed by atoms with Crippen LogP contribution in [0.4, 0.5) is 5.69 Å². The van der Waals surface area contributed by atoms with Crippen LogP contribution in [-0.4, -0.2) is 25.6 Å². The fraction of sp³-hybridized carbons (Fsp3) is 0.774. The van der Waals surface area contributed by atoms with Gasteiger partial charge in [-0.3, -0.25) is 4.79 Å². The lowest BCUT2D eigenvalue weighted by molar-refractivity contribution is -0.115. The van der Waals surface area contributed by atoms with Gasteiger partial charge in [0.15, 0.2) is 0 Å². The topological polar surface area (TPSA) is 50.4 Å². The van der Waals surface area contributed by atoms with Crippen LogP contribution in [0.3, 0.4) is 0 Å². The molecule has 0 aliphatic heterocycles. The summed E-state index contributed by atoms with van der Waals surface area (Å²) in [6.07, 6.45) is 25.4. The van der Waals surface area contributed by atoms with E-state index in [4.69, 9.17) is 4.74 Å². The Hall–Kier alpha value is -1.55. The van der Waals surface area contributed by atoms with Gasteiger partial charge in [0, 0.05) is 5.69 Å². The molecule has 0 atom stereocenters. The Morgan fingerprint density at radius 3 is 1.60 bits per heavy atom. The number of amides is 1. The molecule has 0 radical (unpaired) electrons. The highest BCUT2D eigenvalue weighted by Crippen LogP contribution is 2.16. The SMILES string of the molecule is CCCCCCCCCCCCCCCCNCC(=O)Nc1ccc(OCCCCCCC)cc1. The summed E-state index contributed by atoms with van der Waals surface area (Å²) in [7, 11) is 0. The Bertz CT molecular complexity index is 588. The highest BCUT2D eigenvalue weighted by Gasteiger charge is 2.03. The fourth-order valence-corrected chi connectivity index (χ4v) is 4.38. The van der Waals surface area contributed by atoms with Crippen molar-refractivity contribution in [1.29, 1.82) is 0 Å². The van der Waals surface area contributed by atoms with E-state index in [1.54, 1.807) is 0 Å². The van der Waals surface area contributed by atoms with Gasteiger partial charge in [-0.15, -0.1) is 0 Å². The molecule has 4 nitrogen and oxygen atoms in total. The monoisotopic (exact) mass is 488 g/mol. The summed E-state index contributed by atoms with van der Waals surface area (Å²) in [5, 5.41) is 6.23. The third-order valence-electron chi connectivity index (χ3n) is 6.65. The second-order valence-electron chi connectivity index (χ2n) is 10.1. The van der Waals surface area contributed by atoms with Gasteiger partial charge >= 0.3 is 0 Å². The van der Waals surface area contributed by atoms with E-state index in [2.05, 4.69) is 24.5 Å². The first-order valence-corrected chi connectivity index (χ1v) is 15.0. The van der Waals surface area contributed by atoms with Crippen LogP contribution >= 0.6 is 0 Å². The molecule has 0 aliphatic carbocycles. The third kappa shape index (κ3) is 20.4. The first-order chi connectivity index (χ1) is 17.3. The van der Waals surface area contributed by atoms with Crippen LogP contribution in [0.1, 0.15) is 136 Å². The maximum atomic E-state index is 12.1. The normalized spacial score (nSPS) is 11.0. The molecular weight excluding hydrogens is 432 g/mol. The summed E-state index contributed by atoms with van der Waals surface area (Å²) in [6, 6.07) is 7.70. The van der Waals surface area contributed by atoms with Gasteiger partial charge < -0.3 is 15.4 Å². The van der Waals surface area contributed by atoms with E-state index in [-0.39, 0.29) is 5.91 Å². The van der Waals surface area contributed by atoms with Crippen LogP contribution < -0.4 is 15.4 Å². The molecule has 1 aromatic carbocycles. The molecule has 0 aromatic heterocycles. The average Bonchev–Trinajstić information content (AvgIpc) is 2.87. The summed E-state index contributed by atoms with van der Waals surface area (Å²) in [5.41, 5.74) is 0.823. The van der Waals surface area contributed by atoms with Crippen molar-refractivity contribution >= 4 is 11.6 Å². The molecule has 0 unspecified atom stereocenters. The lowest BCUT2D eigenvalue weighted by atomic mass is 10.0. The lowest BCUT2D eigenvalue weighted by Crippen LogP contribution is -2.28. The zero-order valence-corrected chi connectivity index (χ0v) is 23.2. The second kappa shape index (κ2) is 24.2. The summed E-state index contributed by atoms with van der Waals surface area (Å²) in [5.74, 6) is 0.884. The van der Waals surface area contributed by atoms with Crippen molar-refractivity contribution in [2.24, 2.45) is 0 Å². The fourth-order valence-electron chi connectivity index (χ4n) is 4.38. The van der Waals surface area contributed by atoms with E-state index in [1.807, 2.05) is 24.3 Å². The zero-order chi connectivity index (χ0) is 25.2. The summed E-state index contributed by atoms with van der Waals surface area (Å²) >= 11 is 0. The number of benzene rings is 1. The van der Waals surface area contributed by atoms with E-state index in [0.29, 0.717) is 6.54 Å². The van der Waals surface area contributed by atoms with Gasteiger partial charge in [-0.2, -0.15) is 0 Å². The van der Waals surface area contributed by atoms with Crippen LogP contribution in [0.2, 0.25) is 0 Å².